The van der Waals surface area contributed by atoms with Crippen LogP contribution < -0.4 is 5.32 Å². The highest BCUT2D eigenvalue weighted by atomic mass is 32.2. The number of anilines is 1. The molecule has 0 bridgehead atoms. The molecule has 1 N–H and O–H groups in total. The highest BCUT2D eigenvalue weighted by Crippen LogP contribution is 2.25. The molecule has 8 nitrogen and oxygen atoms in total. The van der Waals surface area contributed by atoms with Gasteiger partial charge in [-0.25, -0.2) is 17.7 Å². The molecule has 0 saturated heterocycles. The highest BCUT2D eigenvalue weighted by molar-refractivity contribution is 7.89. The van der Waals surface area contributed by atoms with Crippen molar-refractivity contribution < 1.29 is 13.2 Å². The Hall–Kier alpha value is -2.56. The summed E-state index contributed by atoms with van der Waals surface area (Å²) in [5.74, 6) is -0.404. The molecule has 3 aromatic rings. The summed E-state index contributed by atoms with van der Waals surface area (Å²) < 4.78 is 27.6. The molecule has 3 rings (SSSR count). The minimum absolute atomic E-state index is 0.152. The third kappa shape index (κ3) is 3.92. The average molecular weight is 406 g/mol. The number of carbonyl (C=O) groups excluding carboxylic acids is 1. The summed E-state index contributed by atoms with van der Waals surface area (Å²) in [4.78, 5) is 17.0. The quantitative estimate of drug-likeness (QED) is 0.703. The van der Waals surface area contributed by atoms with E-state index in [1.54, 1.807) is 35.3 Å². The first-order chi connectivity index (χ1) is 12.7. The third-order valence-corrected chi connectivity index (χ3v) is 6.74. The van der Waals surface area contributed by atoms with Crippen LogP contribution in [-0.4, -0.2) is 47.5 Å². The number of carbonyl (C=O) groups is 1. The summed E-state index contributed by atoms with van der Waals surface area (Å²) in [5.41, 5.74) is 2.09. The van der Waals surface area contributed by atoms with E-state index in [0.717, 1.165) is 9.87 Å². The summed E-state index contributed by atoms with van der Waals surface area (Å²) in [5, 5.41) is 9.14. The van der Waals surface area contributed by atoms with Crippen molar-refractivity contribution in [3.05, 3.63) is 47.2 Å². The number of benzene rings is 1. The number of amides is 1. The molecule has 0 radical (unpaired) electrons. The number of sulfonamides is 1. The van der Waals surface area contributed by atoms with Crippen molar-refractivity contribution in [2.24, 2.45) is 7.05 Å². The van der Waals surface area contributed by atoms with Gasteiger partial charge in [-0.05, 0) is 24.6 Å². The van der Waals surface area contributed by atoms with Gasteiger partial charge in [0, 0.05) is 44.0 Å². The lowest BCUT2D eigenvalue weighted by Gasteiger charge is -2.15. The van der Waals surface area contributed by atoms with Gasteiger partial charge in [0.05, 0.1) is 11.1 Å². The normalized spacial score (nSPS) is 11.7. The van der Waals surface area contributed by atoms with Crippen molar-refractivity contribution in [3.63, 3.8) is 0 Å². The van der Waals surface area contributed by atoms with E-state index in [-0.39, 0.29) is 10.6 Å². The minimum atomic E-state index is -3.60. The maximum atomic E-state index is 12.5. The monoisotopic (exact) mass is 405 g/mol. The topological polar surface area (TPSA) is 97.2 Å². The second kappa shape index (κ2) is 7.22. The Morgan fingerprint density at radius 3 is 2.67 bits per heavy atom. The van der Waals surface area contributed by atoms with Gasteiger partial charge in [-0.1, -0.05) is 6.07 Å². The molecule has 27 heavy (non-hydrogen) atoms. The van der Waals surface area contributed by atoms with Crippen LogP contribution in [-0.2, 0) is 17.1 Å². The van der Waals surface area contributed by atoms with Crippen LogP contribution in [0.5, 0.6) is 0 Å². The fraction of sp³-hybridized carbons (Fsp3) is 0.235. The van der Waals surface area contributed by atoms with Crippen molar-refractivity contribution in [1.29, 1.82) is 0 Å². The lowest BCUT2D eigenvalue weighted by atomic mass is 10.2. The van der Waals surface area contributed by atoms with E-state index in [1.807, 2.05) is 13.2 Å². The van der Waals surface area contributed by atoms with Crippen molar-refractivity contribution in [1.82, 2.24) is 19.1 Å². The van der Waals surface area contributed by atoms with Gasteiger partial charge in [0.1, 0.15) is 10.7 Å². The summed E-state index contributed by atoms with van der Waals surface area (Å²) in [7, 11) is 1.14. The molecule has 0 fully saturated rings. The molecule has 1 amide bonds. The number of thiazole rings is 1. The second-order valence-electron chi connectivity index (χ2n) is 6.16. The van der Waals surface area contributed by atoms with Crippen LogP contribution in [0, 0.1) is 6.92 Å². The Morgan fingerprint density at radius 2 is 2.04 bits per heavy atom. The number of nitrogens with zero attached hydrogens (tertiary/aromatic N) is 4. The SMILES string of the molecule is Cc1ccc(NC(=O)c2csc(-c3cnn(C)c3)n2)cc1S(=O)(=O)N(C)C. The van der Waals surface area contributed by atoms with Crippen LogP contribution in [0.3, 0.4) is 0 Å². The van der Waals surface area contributed by atoms with Crippen LogP contribution in [0.25, 0.3) is 10.6 Å². The third-order valence-electron chi connectivity index (χ3n) is 3.89. The van der Waals surface area contributed by atoms with E-state index in [4.69, 9.17) is 0 Å². The molecule has 2 aromatic heterocycles. The highest BCUT2D eigenvalue weighted by Gasteiger charge is 2.21. The van der Waals surface area contributed by atoms with Crippen molar-refractivity contribution in [2.75, 3.05) is 19.4 Å². The Balaban J connectivity index is 1.84. The largest absolute Gasteiger partial charge is 0.321 e. The van der Waals surface area contributed by atoms with Crippen LogP contribution in [0.2, 0.25) is 0 Å². The predicted molar refractivity (Wildman–Crippen MR) is 104 cm³/mol. The molecule has 0 unspecified atom stereocenters. The van der Waals surface area contributed by atoms with Gasteiger partial charge in [0.15, 0.2) is 0 Å². The number of hydrogen-bond donors (Lipinski definition) is 1. The van der Waals surface area contributed by atoms with E-state index in [0.29, 0.717) is 16.3 Å². The molecule has 142 valence electrons. The lowest BCUT2D eigenvalue weighted by Crippen LogP contribution is -2.23. The van der Waals surface area contributed by atoms with Gasteiger partial charge in [-0.3, -0.25) is 9.48 Å². The molecule has 0 atom stereocenters. The molecule has 0 aliphatic carbocycles. The number of hydrogen-bond acceptors (Lipinski definition) is 6. The van der Waals surface area contributed by atoms with Gasteiger partial charge >= 0.3 is 0 Å². The lowest BCUT2D eigenvalue weighted by molar-refractivity contribution is 0.102. The Morgan fingerprint density at radius 1 is 1.30 bits per heavy atom. The van der Waals surface area contributed by atoms with Gasteiger partial charge in [-0.15, -0.1) is 11.3 Å². The smallest absolute Gasteiger partial charge is 0.275 e. The number of rotatable bonds is 5. The zero-order valence-corrected chi connectivity index (χ0v) is 16.9. The minimum Gasteiger partial charge on any atom is -0.321 e. The van der Waals surface area contributed by atoms with Crippen LogP contribution in [0.1, 0.15) is 16.1 Å². The molecule has 0 saturated carbocycles. The standard InChI is InChI=1S/C17H19N5O3S2/c1-11-5-6-13(7-15(11)27(24,25)21(2)3)19-16(23)14-10-26-17(20-14)12-8-18-22(4)9-12/h5-10H,1-4H3,(H,19,23). The maximum Gasteiger partial charge on any atom is 0.275 e. The van der Waals surface area contributed by atoms with Crippen LogP contribution in [0.4, 0.5) is 5.69 Å². The maximum absolute atomic E-state index is 12.5. The summed E-state index contributed by atoms with van der Waals surface area (Å²) >= 11 is 1.34. The summed E-state index contributed by atoms with van der Waals surface area (Å²) in [6.45, 7) is 1.71. The number of aryl methyl sites for hydroxylation is 2. The Labute approximate surface area is 161 Å². The number of nitrogens with one attached hydrogen (secondary N) is 1. The van der Waals surface area contributed by atoms with Crippen molar-refractivity contribution >= 4 is 33.0 Å². The molecule has 10 heteroatoms. The van der Waals surface area contributed by atoms with Gasteiger partial charge in [0.2, 0.25) is 10.0 Å². The number of aromatic nitrogens is 3. The van der Waals surface area contributed by atoms with Crippen molar-refractivity contribution in [2.45, 2.75) is 11.8 Å². The first-order valence-corrected chi connectivity index (χ1v) is 10.3. The van der Waals surface area contributed by atoms with Gasteiger partial charge in [0.25, 0.3) is 5.91 Å². The van der Waals surface area contributed by atoms with Crippen molar-refractivity contribution in [3.8, 4) is 10.6 Å². The summed E-state index contributed by atoms with van der Waals surface area (Å²) in [6, 6.07) is 4.78. The molecule has 0 aliphatic rings. The van der Waals surface area contributed by atoms with Crippen LogP contribution >= 0.6 is 11.3 Å². The molecule has 1 aromatic carbocycles. The van der Waals surface area contributed by atoms with E-state index >= 15 is 0 Å². The van der Waals surface area contributed by atoms with E-state index in [2.05, 4.69) is 15.4 Å². The average Bonchev–Trinajstić information content (AvgIpc) is 3.25. The molecule has 0 aliphatic heterocycles. The molecular formula is C17H19N5O3S2. The molecule has 2 heterocycles. The zero-order valence-electron chi connectivity index (χ0n) is 15.3. The van der Waals surface area contributed by atoms with Gasteiger partial charge in [-0.2, -0.15) is 5.10 Å². The molecular weight excluding hydrogens is 386 g/mol. The first-order valence-electron chi connectivity index (χ1n) is 7.97. The Kier molecular flexibility index (Phi) is 5.13. The van der Waals surface area contributed by atoms with E-state index < -0.39 is 15.9 Å². The summed E-state index contributed by atoms with van der Waals surface area (Å²) in [6.07, 6.45) is 3.50. The fourth-order valence-electron chi connectivity index (χ4n) is 2.39. The Bertz CT molecular complexity index is 1100. The van der Waals surface area contributed by atoms with E-state index in [9.17, 15) is 13.2 Å². The second-order valence-corrected chi connectivity index (χ2v) is 9.14. The molecule has 0 spiro atoms. The first kappa shape index (κ1) is 19.2. The van der Waals surface area contributed by atoms with E-state index in [1.165, 1.54) is 31.5 Å². The fourth-order valence-corrected chi connectivity index (χ4v) is 4.31. The van der Waals surface area contributed by atoms with Gasteiger partial charge < -0.3 is 5.32 Å². The zero-order chi connectivity index (χ0) is 19.8. The van der Waals surface area contributed by atoms with Crippen LogP contribution in [0.15, 0.2) is 40.9 Å². The predicted octanol–water partition coefficient (Wildman–Crippen LogP) is 2.35.